The zero-order valence-corrected chi connectivity index (χ0v) is 9.12. The molecule has 0 aromatic heterocycles. The predicted molar refractivity (Wildman–Crippen MR) is 57.8 cm³/mol. The van der Waals surface area contributed by atoms with E-state index in [4.69, 9.17) is 17.0 Å². The van der Waals surface area contributed by atoms with Crippen LogP contribution in [0.5, 0.6) is 0 Å². The van der Waals surface area contributed by atoms with Crippen molar-refractivity contribution in [1.29, 1.82) is 0 Å². The first kappa shape index (κ1) is 10.7. The number of nitrogens with one attached hydrogen (secondary N) is 2. The van der Waals surface area contributed by atoms with Gasteiger partial charge in [-0.05, 0) is 31.0 Å². The Balaban J connectivity index is 1.99. The van der Waals surface area contributed by atoms with E-state index in [0.29, 0.717) is 12.0 Å². The van der Waals surface area contributed by atoms with Crippen LogP contribution in [0.4, 0.5) is 0 Å². The first-order chi connectivity index (χ1) is 6.22. The molecular formula is C9H18N2OS. The SMILES string of the molecule is COCC(C)CNC(=S)NC1CC1. The van der Waals surface area contributed by atoms with E-state index in [1.807, 2.05) is 0 Å². The summed E-state index contributed by atoms with van der Waals surface area (Å²) in [4.78, 5) is 0. The molecule has 0 bridgehead atoms. The molecule has 1 atom stereocenters. The Hall–Kier alpha value is -0.350. The van der Waals surface area contributed by atoms with Crippen LogP contribution >= 0.6 is 12.2 Å². The number of methoxy groups -OCH3 is 1. The van der Waals surface area contributed by atoms with Gasteiger partial charge in [0.05, 0.1) is 6.61 Å². The van der Waals surface area contributed by atoms with Gasteiger partial charge in [0.15, 0.2) is 5.11 Å². The van der Waals surface area contributed by atoms with Crippen molar-refractivity contribution < 1.29 is 4.74 Å². The lowest BCUT2D eigenvalue weighted by Crippen LogP contribution is -2.39. The molecule has 1 aliphatic carbocycles. The number of ether oxygens (including phenoxy) is 1. The van der Waals surface area contributed by atoms with Crippen LogP contribution in [0.2, 0.25) is 0 Å². The van der Waals surface area contributed by atoms with Crippen LogP contribution < -0.4 is 10.6 Å². The summed E-state index contributed by atoms with van der Waals surface area (Å²) in [5, 5.41) is 7.19. The molecule has 1 rings (SSSR count). The summed E-state index contributed by atoms with van der Waals surface area (Å²) in [6, 6.07) is 0.637. The first-order valence-electron chi connectivity index (χ1n) is 4.75. The smallest absolute Gasteiger partial charge is 0.166 e. The van der Waals surface area contributed by atoms with Crippen molar-refractivity contribution in [3.8, 4) is 0 Å². The van der Waals surface area contributed by atoms with Crippen LogP contribution in [0.15, 0.2) is 0 Å². The molecule has 0 saturated heterocycles. The van der Waals surface area contributed by atoms with Crippen LogP contribution in [0.25, 0.3) is 0 Å². The van der Waals surface area contributed by atoms with Gasteiger partial charge in [-0.1, -0.05) is 6.92 Å². The van der Waals surface area contributed by atoms with E-state index in [9.17, 15) is 0 Å². The van der Waals surface area contributed by atoms with Crippen molar-refractivity contribution in [2.24, 2.45) is 5.92 Å². The quantitative estimate of drug-likeness (QED) is 0.649. The number of hydrogen-bond acceptors (Lipinski definition) is 2. The van der Waals surface area contributed by atoms with Gasteiger partial charge in [0.1, 0.15) is 0 Å². The van der Waals surface area contributed by atoms with E-state index in [1.54, 1.807) is 7.11 Å². The normalized spacial score (nSPS) is 18.0. The largest absolute Gasteiger partial charge is 0.384 e. The van der Waals surface area contributed by atoms with Crippen LogP contribution in [0, 0.1) is 5.92 Å². The summed E-state index contributed by atoms with van der Waals surface area (Å²) in [6.45, 7) is 3.79. The van der Waals surface area contributed by atoms with Gasteiger partial charge in [-0.2, -0.15) is 0 Å². The van der Waals surface area contributed by atoms with E-state index >= 15 is 0 Å². The second kappa shape index (κ2) is 5.40. The van der Waals surface area contributed by atoms with E-state index < -0.39 is 0 Å². The molecule has 1 fully saturated rings. The molecule has 3 nitrogen and oxygen atoms in total. The molecule has 2 N–H and O–H groups in total. The average molecular weight is 202 g/mol. The van der Waals surface area contributed by atoms with Crippen molar-refractivity contribution in [1.82, 2.24) is 10.6 Å². The third-order valence-electron chi connectivity index (χ3n) is 1.97. The van der Waals surface area contributed by atoms with Gasteiger partial charge in [-0.25, -0.2) is 0 Å². The minimum atomic E-state index is 0.504. The van der Waals surface area contributed by atoms with E-state index in [2.05, 4.69) is 17.6 Å². The highest BCUT2D eigenvalue weighted by molar-refractivity contribution is 7.80. The van der Waals surface area contributed by atoms with Crippen LogP contribution in [-0.2, 0) is 4.74 Å². The Labute approximate surface area is 85.2 Å². The van der Waals surface area contributed by atoms with Crippen LogP contribution in [0.3, 0.4) is 0 Å². The Morgan fingerprint density at radius 1 is 1.62 bits per heavy atom. The van der Waals surface area contributed by atoms with Gasteiger partial charge in [-0.15, -0.1) is 0 Å². The van der Waals surface area contributed by atoms with Gasteiger partial charge >= 0.3 is 0 Å². The summed E-state index contributed by atoms with van der Waals surface area (Å²) in [5.74, 6) is 0.504. The lowest BCUT2D eigenvalue weighted by Gasteiger charge is -2.13. The molecule has 0 radical (unpaired) electrons. The molecule has 13 heavy (non-hydrogen) atoms. The third kappa shape index (κ3) is 5.05. The Bertz CT molecular complexity index is 171. The minimum absolute atomic E-state index is 0.504. The summed E-state index contributed by atoms with van der Waals surface area (Å²) < 4.78 is 5.03. The Morgan fingerprint density at radius 2 is 2.31 bits per heavy atom. The van der Waals surface area contributed by atoms with Gasteiger partial charge in [0.2, 0.25) is 0 Å². The van der Waals surface area contributed by atoms with Crippen molar-refractivity contribution >= 4 is 17.3 Å². The molecule has 0 aromatic rings. The fourth-order valence-corrected chi connectivity index (χ4v) is 1.32. The lowest BCUT2D eigenvalue weighted by atomic mass is 10.2. The summed E-state index contributed by atoms with van der Waals surface area (Å²) >= 11 is 5.11. The number of thiocarbonyl (C=S) groups is 1. The van der Waals surface area contributed by atoms with E-state index in [-0.39, 0.29) is 0 Å². The lowest BCUT2D eigenvalue weighted by molar-refractivity contribution is 0.161. The highest BCUT2D eigenvalue weighted by Crippen LogP contribution is 2.18. The minimum Gasteiger partial charge on any atom is -0.384 e. The summed E-state index contributed by atoms with van der Waals surface area (Å²) in [5.41, 5.74) is 0. The molecule has 0 amide bonds. The highest BCUT2D eigenvalue weighted by Gasteiger charge is 2.21. The van der Waals surface area contributed by atoms with E-state index in [1.165, 1.54) is 12.8 Å². The standard InChI is InChI=1S/C9H18N2OS/c1-7(6-12-2)5-10-9(13)11-8-3-4-8/h7-8H,3-6H2,1-2H3,(H2,10,11,13). The molecule has 0 aromatic carbocycles. The average Bonchev–Trinajstić information content (AvgIpc) is 2.85. The molecular weight excluding hydrogens is 184 g/mol. The molecule has 4 heteroatoms. The number of rotatable bonds is 5. The summed E-state index contributed by atoms with van der Waals surface area (Å²) in [7, 11) is 1.72. The van der Waals surface area contributed by atoms with Gasteiger partial charge < -0.3 is 15.4 Å². The molecule has 76 valence electrons. The zero-order chi connectivity index (χ0) is 9.68. The first-order valence-corrected chi connectivity index (χ1v) is 5.16. The van der Waals surface area contributed by atoms with Crippen LogP contribution in [0.1, 0.15) is 19.8 Å². The molecule has 0 aliphatic heterocycles. The molecule has 0 spiro atoms. The fourth-order valence-electron chi connectivity index (χ4n) is 1.07. The van der Waals surface area contributed by atoms with E-state index in [0.717, 1.165) is 18.3 Å². The third-order valence-corrected chi connectivity index (χ3v) is 2.24. The molecule has 0 heterocycles. The van der Waals surface area contributed by atoms with Gasteiger partial charge in [-0.3, -0.25) is 0 Å². The molecule has 1 saturated carbocycles. The second-order valence-corrected chi connectivity index (χ2v) is 4.10. The fraction of sp³-hybridized carbons (Fsp3) is 0.889. The van der Waals surface area contributed by atoms with Crippen molar-refractivity contribution in [2.45, 2.75) is 25.8 Å². The highest BCUT2D eigenvalue weighted by atomic mass is 32.1. The van der Waals surface area contributed by atoms with Crippen LogP contribution in [-0.4, -0.2) is 31.4 Å². The predicted octanol–water partition coefficient (Wildman–Crippen LogP) is 0.895. The van der Waals surface area contributed by atoms with Crippen molar-refractivity contribution in [3.05, 3.63) is 0 Å². The number of hydrogen-bond donors (Lipinski definition) is 2. The maximum absolute atomic E-state index is 5.11. The maximum atomic E-state index is 5.11. The van der Waals surface area contributed by atoms with Crippen molar-refractivity contribution in [3.63, 3.8) is 0 Å². The monoisotopic (exact) mass is 202 g/mol. The van der Waals surface area contributed by atoms with Gasteiger partial charge in [0, 0.05) is 19.7 Å². The Morgan fingerprint density at radius 3 is 2.85 bits per heavy atom. The van der Waals surface area contributed by atoms with Gasteiger partial charge in [0.25, 0.3) is 0 Å². The second-order valence-electron chi connectivity index (χ2n) is 3.69. The summed E-state index contributed by atoms with van der Waals surface area (Å²) in [6.07, 6.45) is 2.52. The van der Waals surface area contributed by atoms with Crippen molar-refractivity contribution in [2.75, 3.05) is 20.3 Å². The Kier molecular flexibility index (Phi) is 4.45. The molecule has 1 aliphatic rings. The molecule has 1 unspecified atom stereocenters. The topological polar surface area (TPSA) is 33.3 Å². The maximum Gasteiger partial charge on any atom is 0.166 e. The zero-order valence-electron chi connectivity index (χ0n) is 8.30.